The van der Waals surface area contributed by atoms with E-state index in [0.29, 0.717) is 5.41 Å². The summed E-state index contributed by atoms with van der Waals surface area (Å²) >= 11 is 6.22. The zero-order chi connectivity index (χ0) is 11.8. The van der Waals surface area contributed by atoms with E-state index < -0.39 is 0 Å². The Morgan fingerprint density at radius 3 is 2.25 bits per heavy atom. The smallest absolute Gasteiger partial charge is 0.0456 e. The van der Waals surface area contributed by atoms with Crippen molar-refractivity contribution in [1.29, 1.82) is 0 Å². The molecule has 0 heterocycles. The molecule has 16 heavy (non-hydrogen) atoms. The third kappa shape index (κ3) is 1.76. The minimum Gasteiger partial charge on any atom is -0.321 e. The molecule has 2 heteroatoms. The molecular formula is C14H20ClN. The number of halogens is 1. The van der Waals surface area contributed by atoms with Gasteiger partial charge in [-0.15, -0.1) is 0 Å². The molecule has 1 fully saturated rings. The van der Waals surface area contributed by atoms with Gasteiger partial charge in [-0.05, 0) is 29.9 Å². The van der Waals surface area contributed by atoms with E-state index in [-0.39, 0.29) is 5.54 Å². The second-order valence-corrected chi connectivity index (χ2v) is 5.60. The number of hydrogen-bond acceptors (Lipinski definition) is 1. The highest BCUT2D eigenvalue weighted by atomic mass is 35.5. The predicted octanol–water partition coefficient (Wildman–Crippen LogP) is 4.09. The average Bonchev–Trinajstić information content (AvgIpc) is 2.25. The quantitative estimate of drug-likeness (QED) is 0.842. The van der Waals surface area contributed by atoms with Gasteiger partial charge in [0, 0.05) is 10.6 Å². The van der Waals surface area contributed by atoms with Crippen molar-refractivity contribution in [2.75, 3.05) is 0 Å². The van der Waals surface area contributed by atoms with Gasteiger partial charge in [0.1, 0.15) is 0 Å². The lowest BCUT2D eigenvalue weighted by molar-refractivity contribution is 0.0167. The van der Waals surface area contributed by atoms with Crippen molar-refractivity contribution in [3.05, 3.63) is 34.9 Å². The molecule has 0 radical (unpaired) electrons. The highest BCUT2D eigenvalue weighted by Crippen LogP contribution is 2.57. The van der Waals surface area contributed by atoms with Crippen LogP contribution in [0.1, 0.15) is 45.1 Å². The van der Waals surface area contributed by atoms with Crippen LogP contribution in [0.25, 0.3) is 0 Å². The highest BCUT2D eigenvalue weighted by molar-refractivity contribution is 6.31. The zero-order valence-electron chi connectivity index (χ0n) is 10.1. The molecule has 2 N–H and O–H groups in total. The lowest BCUT2D eigenvalue weighted by Gasteiger charge is -2.55. The Kier molecular flexibility index (Phi) is 3.02. The van der Waals surface area contributed by atoms with Gasteiger partial charge in [-0.25, -0.2) is 0 Å². The summed E-state index contributed by atoms with van der Waals surface area (Å²) in [6.07, 6.45) is 4.56. The minimum atomic E-state index is -0.190. The summed E-state index contributed by atoms with van der Waals surface area (Å²) in [5, 5.41) is 0.811. The van der Waals surface area contributed by atoms with E-state index >= 15 is 0 Å². The van der Waals surface area contributed by atoms with E-state index in [9.17, 15) is 0 Å². The Hall–Kier alpha value is -0.530. The van der Waals surface area contributed by atoms with Crippen LogP contribution in [0, 0.1) is 5.41 Å². The molecule has 0 amide bonds. The summed E-state index contributed by atoms with van der Waals surface area (Å²) in [7, 11) is 0. The van der Waals surface area contributed by atoms with Crippen LogP contribution in [0.5, 0.6) is 0 Å². The van der Waals surface area contributed by atoms with E-state index in [1.807, 2.05) is 18.2 Å². The molecule has 0 atom stereocenters. The first kappa shape index (κ1) is 11.9. The van der Waals surface area contributed by atoms with Crippen molar-refractivity contribution in [1.82, 2.24) is 0 Å². The van der Waals surface area contributed by atoms with Gasteiger partial charge in [-0.3, -0.25) is 0 Å². The molecule has 1 nitrogen and oxygen atoms in total. The molecule has 0 aromatic heterocycles. The molecule has 0 spiro atoms. The first-order valence-electron chi connectivity index (χ1n) is 6.09. The zero-order valence-corrected chi connectivity index (χ0v) is 10.8. The maximum absolute atomic E-state index is 6.47. The number of benzene rings is 1. The van der Waals surface area contributed by atoms with Crippen LogP contribution in [0.3, 0.4) is 0 Å². The Balaban J connectivity index is 2.22. The summed E-state index contributed by atoms with van der Waals surface area (Å²) in [5.41, 5.74) is 7.85. The van der Waals surface area contributed by atoms with Crippen LogP contribution in [0.4, 0.5) is 0 Å². The Morgan fingerprint density at radius 1 is 1.19 bits per heavy atom. The molecule has 2 rings (SSSR count). The van der Waals surface area contributed by atoms with Gasteiger partial charge >= 0.3 is 0 Å². The van der Waals surface area contributed by atoms with Crippen molar-refractivity contribution in [3.8, 4) is 0 Å². The molecule has 88 valence electrons. The van der Waals surface area contributed by atoms with Gasteiger partial charge in [0.2, 0.25) is 0 Å². The predicted molar refractivity (Wildman–Crippen MR) is 69.6 cm³/mol. The summed E-state index contributed by atoms with van der Waals surface area (Å²) in [6, 6.07) is 7.98. The normalized spacial score (nSPS) is 21.5. The molecule has 0 saturated heterocycles. The molecule has 1 aliphatic rings. The standard InChI is InChI=1S/C14H20ClN/c1-3-13(4-2)9-14(16,10-13)11-7-5-6-8-12(11)15/h5-8H,3-4,9-10,16H2,1-2H3. The minimum absolute atomic E-state index is 0.190. The van der Waals surface area contributed by atoms with E-state index in [1.165, 1.54) is 12.8 Å². The molecule has 0 bridgehead atoms. The lowest BCUT2D eigenvalue weighted by atomic mass is 9.53. The Morgan fingerprint density at radius 2 is 1.75 bits per heavy atom. The summed E-state index contributed by atoms with van der Waals surface area (Å²) in [4.78, 5) is 0. The third-order valence-corrected chi connectivity index (χ3v) is 4.62. The molecule has 1 saturated carbocycles. The SMILES string of the molecule is CCC1(CC)CC(N)(c2ccccc2Cl)C1. The second-order valence-electron chi connectivity index (χ2n) is 5.20. The van der Waals surface area contributed by atoms with Gasteiger partial charge in [-0.1, -0.05) is 56.5 Å². The third-order valence-electron chi connectivity index (χ3n) is 4.29. The van der Waals surface area contributed by atoms with Gasteiger partial charge in [-0.2, -0.15) is 0 Å². The van der Waals surface area contributed by atoms with Crippen molar-refractivity contribution >= 4 is 11.6 Å². The Labute approximate surface area is 103 Å². The molecule has 1 aromatic rings. The second kappa shape index (κ2) is 4.05. The van der Waals surface area contributed by atoms with Crippen LogP contribution in [-0.2, 0) is 5.54 Å². The number of rotatable bonds is 3. The summed E-state index contributed by atoms with van der Waals surface area (Å²) < 4.78 is 0. The molecule has 0 aliphatic heterocycles. The van der Waals surface area contributed by atoms with E-state index in [0.717, 1.165) is 23.4 Å². The van der Waals surface area contributed by atoms with Gasteiger partial charge in [0.25, 0.3) is 0 Å². The first-order chi connectivity index (χ1) is 7.55. The van der Waals surface area contributed by atoms with E-state index in [4.69, 9.17) is 17.3 Å². The van der Waals surface area contributed by atoms with Crippen molar-refractivity contribution < 1.29 is 0 Å². The van der Waals surface area contributed by atoms with Crippen LogP contribution in [0.15, 0.2) is 24.3 Å². The summed E-state index contributed by atoms with van der Waals surface area (Å²) in [6.45, 7) is 4.52. The summed E-state index contributed by atoms with van der Waals surface area (Å²) in [5.74, 6) is 0. The van der Waals surface area contributed by atoms with Crippen LogP contribution in [-0.4, -0.2) is 0 Å². The van der Waals surface area contributed by atoms with Gasteiger partial charge in [0.15, 0.2) is 0 Å². The topological polar surface area (TPSA) is 26.0 Å². The van der Waals surface area contributed by atoms with Crippen LogP contribution >= 0.6 is 11.6 Å². The van der Waals surface area contributed by atoms with E-state index in [2.05, 4.69) is 19.9 Å². The monoisotopic (exact) mass is 237 g/mol. The fourth-order valence-corrected chi connectivity index (χ4v) is 3.42. The van der Waals surface area contributed by atoms with Crippen LogP contribution in [0.2, 0.25) is 5.02 Å². The first-order valence-corrected chi connectivity index (χ1v) is 6.47. The van der Waals surface area contributed by atoms with Crippen molar-refractivity contribution in [2.45, 2.75) is 45.1 Å². The highest BCUT2D eigenvalue weighted by Gasteiger charge is 2.51. The van der Waals surface area contributed by atoms with Gasteiger partial charge in [0.05, 0.1) is 0 Å². The maximum Gasteiger partial charge on any atom is 0.0456 e. The van der Waals surface area contributed by atoms with Gasteiger partial charge < -0.3 is 5.73 Å². The number of hydrogen-bond donors (Lipinski definition) is 1. The fourth-order valence-electron chi connectivity index (χ4n) is 3.09. The number of nitrogens with two attached hydrogens (primary N) is 1. The molecular weight excluding hydrogens is 218 g/mol. The molecule has 1 aliphatic carbocycles. The van der Waals surface area contributed by atoms with Crippen molar-refractivity contribution in [3.63, 3.8) is 0 Å². The average molecular weight is 238 g/mol. The fraction of sp³-hybridized carbons (Fsp3) is 0.571. The van der Waals surface area contributed by atoms with E-state index in [1.54, 1.807) is 0 Å². The molecule has 1 aromatic carbocycles. The lowest BCUT2D eigenvalue weighted by Crippen LogP contribution is -2.55. The molecule has 0 unspecified atom stereocenters. The Bertz CT molecular complexity index is 374. The van der Waals surface area contributed by atoms with Crippen molar-refractivity contribution in [2.24, 2.45) is 11.1 Å². The van der Waals surface area contributed by atoms with Crippen LogP contribution < -0.4 is 5.73 Å². The maximum atomic E-state index is 6.47. The largest absolute Gasteiger partial charge is 0.321 e.